The van der Waals surface area contributed by atoms with Gasteiger partial charge in [0.2, 0.25) is 0 Å². The van der Waals surface area contributed by atoms with Crippen molar-refractivity contribution < 1.29 is 0 Å². The molecule has 0 fully saturated rings. The first-order chi connectivity index (χ1) is 25.3. The van der Waals surface area contributed by atoms with E-state index in [9.17, 15) is 0 Å². The summed E-state index contributed by atoms with van der Waals surface area (Å²) in [4.78, 5) is 2.45. The molecule has 1 aromatic heterocycles. The summed E-state index contributed by atoms with van der Waals surface area (Å²) in [6.45, 7) is 0. The van der Waals surface area contributed by atoms with E-state index in [-0.39, 0.29) is 5.41 Å². The summed E-state index contributed by atoms with van der Waals surface area (Å²) in [7, 11) is 0. The van der Waals surface area contributed by atoms with Crippen LogP contribution in [0, 0.1) is 0 Å². The van der Waals surface area contributed by atoms with Crippen LogP contribution in [0.15, 0.2) is 188 Å². The number of thiophene rings is 1. The van der Waals surface area contributed by atoms with E-state index >= 15 is 0 Å². The molecule has 0 amide bonds. The lowest BCUT2D eigenvalue weighted by molar-refractivity contribution is 0.794. The van der Waals surface area contributed by atoms with Crippen molar-refractivity contribution in [2.24, 2.45) is 0 Å². The van der Waals surface area contributed by atoms with Crippen LogP contribution < -0.4 is 4.90 Å². The first-order valence-corrected chi connectivity index (χ1v) is 18.4. The largest absolute Gasteiger partial charge is 0.310 e. The number of para-hydroxylation sites is 1. The molecule has 51 heavy (non-hydrogen) atoms. The van der Waals surface area contributed by atoms with Crippen LogP contribution in [-0.4, -0.2) is 0 Å². The lowest BCUT2D eigenvalue weighted by atomic mass is 9.70. The van der Waals surface area contributed by atoms with Crippen molar-refractivity contribution in [2.45, 2.75) is 5.41 Å². The highest BCUT2D eigenvalue weighted by Gasteiger charge is 2.52. The van der Waals surface area contributed by atoms with Gasteiger partial charge in [0.1, 0.15) is 0 Å². The number of benzene rings is 8. The summed E-state index contributed by atoms with van der Waals surface area (Å²) in [5, 5.41) is 2.66. The molecular weight excluding hydrogens is 635 g/mol. The van der Waals surface area contributed by atoms with E-state index in [2.05, 4.69) is 193 Å². The van der Waals surface area contributed by atoms with E-state index in [1.165, 1.54) is 81.5 Å². The second-order valence-corrected chi connectivity index (χ2v) is 14.7. The topological polar surface area (TPSA) is 3.24 Å². The third kappa shape index (κ3) is 3.91. The Bertz CT molecular complexity index is 2760. The Kier molecular flexibility index (Phi) is 6.11. The monoisotopic (exact) mass is 665 g/mol. The van der Waals surface area contributed by atoms with Gasteiger partial charge in [-0.25, -0.2) is 0 Å². The van der Waals surface area contributed by atoms with E-state index in [1.807, 2.05) is 11.3 Å². The lowest BCUT2D eigenvalue weighted by Gasteiger charge is -2.31. The summed E-state index contributed by atoms with van der Waals surface area (Å²) >= 11 is 1.87. The third-order valence-electron chi connectivity index (χ3n) is 11.1. The smallest absolute Gasteiger partial charge is 0.0726 e. The average Bonchev–Trinajstić information content (AvgIpc) is 3.83. The molecule has 1 heterocycles. The van der Waals surface area contributed by atoms with E-state index in [0.29, 0.717) is 0 Å². The summed E-state index contributed by atoms with van der Waals surface area (Å²) in [5.74, 6) is 0. The van der Waals surface area contributed by atoms with Crippen LogP contribution in [0.3, 0.4) is 0 Å². The molecule has 9 aromatic rings. The molecule has 2 heteroatoms. The van der Waals surface area contributed by atoms with Crippen molar-refractivity contribution in [1.29, 1.82) is 0 Å². The van der Waals surface area contributed by atoms with Crippen LogP contribution in [0.2, 0.25) is 0 Å². The zero-order valence-electron chi connectivity index (χ0n) is 27.8. The fourth-order valence-electron chi connectivity index (χ4n) is 9.12. The minimum atomic E-state index is -0.386. The minimum Gasteiger partial charge on any atom is -0.310 e. The Morgan fingerprint density at radius 1 is 0.373 bits per heavy atom. The van der Waals surface area contributed by atoms with Crippen molar-refractivity contribution in [3.63, 3.8) is 0 Å². The summed E-state index contributed by atoms with van der Waals surface area (Å²) < 4.78 is 2.65. The number of fused-ring (bicyclic) bond motifs is 13. The number of rotatable bonds is 4. The maximum Gasteiger partial charge on any atom is 0.0726 e. The highest BCUT2D eigenvalue weighted by atomic mass is 32.1. The van der Waals surface area contributed by atoms with Gasteiger partial charge in [0.15, 0.2) is 0 Å². The van der Waals surface area contributed by atoms with E-state index in [1.54, 1.807) is 0 Å². The van der Waals surface area contributed by atoms with Crippen LogP contribution in [0.5, 0.6) is 0 Å². The maximum absolute atomic E-state index is 2.45. The normalized spacial score (nSPS) is 13.3. The van der Waals surface area contributed by atoms with Crippen LogP contribution in [0.1, 0.15) is 22.3 Å². The number of hydrogen-bond acceptors (Lipinski definition) is 2. The van der Waals surface area contributed by atoms with Crippen molar-refractivity contribution in [3.05, 3.63) is 210 Å². The molecule has 2 aliphatic carbocycles. The molecule has 238 valence electrons. The van der Waals surface area contributed by atoms with Crippen molar-refractivity contribution in [2.75, 3.05) is 4.90 Å². The van der Waals surface area contributed by atoms with Crippen LogP contribution in [0.4, 0.5) is 17.1 Å². The number of hydrogen-bond donors (Lipinski definition) is 0. The van der Waals surface area contributed by atoms with E-state index < -0.39 is 0 Å². The molecule has 0 saturated carbocycles. The Labute approximate surface area is 301 Å². The molecular formula is C49H31NS. The van der Waals surface area contributed by atoms with Gasteiger partial charge in [-0.05, 0) is 92.5 Å². The molecule has 0 saturated heterocycles. The highest BCUT2D eigenvalue weighted by Crippen LogP contribution is 2.64. The molecule has 0 bridgehead atoms. The summed E-state index contributed by atoms with van der Waals surface area (Å²) in [5.41, 5.74) is 16.2. The van der Waals surface area contributed by atoms with Crippen LogP contribution >= 0.6 is 11.3 Å². The molecule has 0 radical (unpaired) electrons. The zero-order valence-corrected chi connectivity index (χ0v) is 28.6. The van der Waals surface area contributed by atoms with Crippen molar-refractivity contribution in [1.82, 2.24) is 0 Å². The number of nitrogens with zero attached hydrogens (tertiary/aromatic N) is 1. The Hall–Kier alpha value is -6.22. The van der Waals surface area contributed by atoms with Gasteiger partial charge in [-0.1, -0.05) is 146 Å². The first-order valence-electron chi connectivity index (χ1n) is 17.6. The van der Waals surface area contributed by atoms with E-state index in [0.717, 1.165) is 11.4 Å². The van der Waals surface area contributed by atoms with Gasteiger partial charge in [0, 0.05) is 37.1 Å². The van der Waals surface area contributed by atoms with Crippen LogP contribution in [-0.2, 0) is 5.41 Å². The maximum atomic E-state index is 2.45. The summed E-state index contributed by atoms with van der Waals surface area (Å²) in [6.07, 6.45) is 0. The fraction of sp³-hybridized carbons (Fsp3) is 0.0204. The molecule has 8 aromatic carbocycles. The number of anilines is 3. The Balaban J connectivity index is 1.14. The van der Waals surface area contributed by atoms with Gasteiger partial charge in [-0.15, -0.1) is 11.3 Å². The molecule has 0 unspecified atom stereocenters. The second-order valence-electron chi connectivity index (χ2n) is 13.6. The first kappa shape index (κ1) is 28.6. The predicted molar refractivity (Wildman–Crippen MR) is 216 cm³/mol. The van der Waals surface area contributed by atoms with Gasteiger partial charge in [0.25, 0.3) is 0 Å². The molecule has 0 aliphatic heterocycles. The Morgan fingerprint density at radius 3 is 1.65 bits per heavy atom. The van der Waals surface area contributed by atoms with Gasteiger partial charge in [-0.2, -0.15) is 0 Å². The molecule has 11 rings (SSSR count). The fourth-order valence-corrected chi connectivity index (χ4v) is 10.3. The predicted octanol–water partition coefficient (Wildman–Crippen LogP) is 13.5. The molecule has 0 N–H and O–H groups in total. The van der Waals surface area contributed by atoms with Crippen molar-refractivity contribution >= 4 is 48.6 Å². The van der Waals surface area contributed by atoms with E-state index in [4.69, 9.17) is 0 Å². The molecule has 1 spiro atoms. The third-order valence-corrected chi connectivity index (χ3v) is 12.2. The zero-order chi connectivity index (χ0) is 33.5. The SMILES string of the molecule is c1ccc(N(c2ccc(-c3cccc4sc5ccccc5c34)cc2)c2cccc3c2-c2ccccc2C32c3ccccc3-c3ccccc32)cc1. The van der Waals surface area contributed by atoms with Crippen molar-refractivity contribution in [3.8, 4) is 33.4 Å². The molecule has 1 nitrogen and oxygen atoms in total. The van der Waals surface area contributed by atoms with Gasteiger partial charge >= 0.3 is 0 Å². The van der Waals surface area contributed by atoms with Crippen LogP contribution in [0.25, 0.3) is 53.6 Å². The van der Waals surface area contributed by atoms with Gasteiger partial charge in [-0.3, -0.25) is 0 Å². The molecule has 2 aliphatic rings. The highest BCUT2D eigenvalue weighted by molar-refractivity contribution is 7.25. The minimum absolute atomic E-state index is 0.386. The van der Waals surface area contributed by atoms with Gasteiger partial charge < -0.3 is 4.90 Å². The lowest BCUT2D eigenvalue weighted by Crippen LogP contribution is -2.26. The Morgan fingerprint density at radius 2 is 0.902 bits per heavy atom. The molecule has 0 atom stereocenters. The second kappa shape index (κ2) is 10.9. The standard InChI is InChI=1S/C49H31NS/c1-2-14-33(15-3-1)50(34-30-28-32(29-31-34)35-20-12-27-46-47(35)39-19-7-11-26-45(39)51-46)44-25-13-24-43-48(44)38-18-6-10-23-42(38)49(43)40-21-8-4-16-36(40)37-17-5-9-22-41(37)49/h1-31H. The average molecular weight is 666 g/mol. The quantitative estimate of drug-likeness (QED) is 0.181. The summed E-state index contributed by atoms with van der Waals surface area (Å²) in [6, 6.07) is 69.6. The van der Waals surface area contributed by atoms with Gasteiger partial charge in [0.05, 0.1) is 11.1 Å².